The number of hydrogen-bond donors (Lipinski definition) is 2. The summed E-state index contributed by atoms with van der Waals surface area (Å²) in [5.41, 5.74) is 4.08. The summed E-state index contributed by atoms with van der Waals surface area (Å²) in [5.74, 6) is 0.620. The Morgan fingerprint density at radius 1 is 1.05 bits per heavy atom. The number of anilines is 2. The molecule has 4 rings (SSSR count). The van der Waals surface area contributed by atoms with Crippen molar-refractivity contribution in [1.29, 1.82) is 0 Å². The van der Waals surface area contributed by atoms with E-state index in [4.69, 9.17) is 0 Å². The largest absolute Gasteiger partial charge is 0.339 e. The van der Waals surface area contributed by atoms with E-state index in [-0.39, 0.29) is 5.78 Å². The fourth-order valence-electron chi connectivity index (χ4n) is 2.47. The van der Waals surface area contributed by atoms with E-state index in [0.29, 0.717) is 5.71 Å². The van der Waals surface area contributed by atoms with Gasteiger partial charge in [-0.15, -0.1) is 0 Å². The van der Waals surface area contributed by atoms with Crippen molar-refractivity contribution in [2.45, 2.75) is 0 Å². The van der Waals surface area contributed by atoms with Crippen LogP contribution in [0.5, 0.6) is 0 Å². The summed E-state index contributed by atoms with van der Waals surface area (Å²) in [6, 6.07) is 9.73. The number of rotatable bonds is 1. The number of nitrogens with one attached hydrogen (secondary N) is 2. The topological polar surface area (TPSA) is 66.4 Å². The molecule has 1 aliphatic heterocycles. The number of pyridine rings is 1. The summed E-state index contributed by atoms with van der Waals surface area (Å²) in [6.07, 6.45) is 8.31. The standard InChI is InChI=1S/C17H12N4O/c22-15-6-5-11-7-8-18-9-12(11)17(15)19-10-16-20-13-3-1-2-4-14(13)21-16/h1-10,20-21H/b19-17-. The van der Waals surface area contributed by atoms with Gasteiger partial charge in [0, 0.05) is 18.0 Å². The molecule has 0 spiro atoms. The molecule has 2 N–H and O–H groups in total. The van der Waals surface area contributed by atoms with Gasteiger partial charge >= 0.3 is 0 Å². The Morgan fingerprint density at radius 3 is 2.59 bits per heavy atom. The second kappa shape index (κ2) is 4.96. The van der Waals surface area contributed by atoms with E-state index in [9.17, 15) is 4.79 Å². The van der Waals surface area contributed by atoms with Crippen molar-refractivity contribution < 1.29 is 4.79 Å². The molecule has 0 bridgehead atoms. The molecule has 2 aromatic rings. The molecule has 1 aromatic heterocycles. The molecule has 0 radical (unpaired) electrons. The van der Waals surface area contributed by atoms with Crippen LogP contribution in [0, 0.1) is 0 Å². The van der Waals surface area contributed by atoms with E-state index < -0.39 is 0 Å². The van der Waals surface area contributed by atoms with Crippen LogP contribution in [0.15, 0.2) is 65.8 Å². The molecule has 0 unspecified atom stereocenters. The van der Waals surface area contributed by atoms with Crippen LogP contribution in [0.3, 0.4) is 0 Å². The Bertz CT molecular complexity index is 837. The lowest BCUT2D eigenvalue weighted by Gasteiger charge is -2.10. The second-order valence-electron chi connectivity index (χ2n) is 4.98. The Balaban J connectivity index is 1.68. The van der Waals surface area contributed by atoms with Crippen molar-refractivity contribution in [3.8, 4) is 0 Å². The third-order valence-electron chi connectivity index (χ3n) is 3.55. The van der Waals surface area contributed by atoms with E-state index >= 15 is 0 Å². The molecule has 106 valence electrons. The summed E-state index contributed by atoms with van der Waals surface area (Å²) in [4.78, 5) is 20.5. The summed E-state index contributed by atoms with van der Waals surface area (Å²) in [6.45, 7) is 0. The van der Waals surface area contributed by atoms with Crippen LogP contribution in [0.1, 0.15) is 11.1 Å². The predicted molar refractivity (Wildman–Crippen MR) is 86.6 cm³/mol. The van der Waals surface area contributed by atoms with Gasteiger partial charge in [-0.3, -0.25) is 9.78 Å². The molecule has 1 aromatic carbocycles. The van der Waals surface area contributed by atoms with Crippen molar-refractivity contribution >= 4 is 28.9 Å². The monoisotopic (exact) mass is 288 g/mol. The Kier molecular flexibility index (Phi) is 2.83. The Morgan fingerprint density at radius 2 is 1.82 bits per heavy atom. The molecule has 2 aliphatic rings. The number of ketones is 1. The van der Waals surface area contributed by atoms with Crippen molar-refractivity contribution in [3.05, 3.63) is 71.9 Å². The normalized spacial score (nSPS) is 16.8. The minimum atomic E-state index is -0.118. The maximum absolute atomic E-state index is 12.1. The first-order valence-corrected chi connectivity index (χ1v) is 6.89. The van der Waals surface area contributed by atoms with Crippen molar-refractivity contribution in [3.63, 3.8) is 0 Å². The first kappa shape index (κ1) is 12.5. The van der Waals surface area contributed by atoms with E-state index in [0.717, 1.165) is 28.3 Å². The predicted octanol–water partition coefficient (Wildman–Crippen LogP) is 2.80. The third kappa shape index (κ3) is 2.09. The number of hydrogen-bond acceptors (Lipinski definition) is 5. The first-order chi connectivity index (χ1) is 10.8. The van der Waals surface area contributed by atoms with Crippen LogP contribution < -0.4 is 10.6 Å². The average molecular weight is 288 g/mol. The summed E-state index contributed by atoms with van der Waals surface area (Å²) >= 11 is 0. The van der Waals surface area contributed by atoms with Gasteiger partial charge in [0.15, 0.2) is 0 Å². The molecule has 0 atom stereocenters. The Labute approximate surface area is 127 Å². The van der Waals surface area contributed by atoms with Gasteiger partial charge in [-0.25, -0.2) is 4.99 Å². The number of carbonyl (C=O) groups excluding carboxylic acids is 1. The lowest BCUT2D eigenvalue weighted by Crippen LogP contribution is -2.17. The van der Waals surface area contributed by atoms with Gasteiger partial charge < -0.3 is 10.6 Å². The number of allylic oxidation sites excluding steroid dienone is 1. The highest BCUT2D eigenvalue weighted by Crippen LogP contribution is 2.29. The zero-order valence-corrected chi connectivity index (χ0v) is 11.6. The lowest BCUT2D eigenvalue weighted by molar-refractivity contribution is -0.108. The van der Waals surface area contributed by atoms with E-state index in [1.54, 1.807) is 24.7 Å². The van der Waals surface area contributed by atoms with Crippen LogP contribution in [0.25, 0.3) is 6.08 Å². The molecule has 0 saturated carbocycles. The van der Waals surface area contributed by atoms with Gasteiger partial charge in [-0.2, -0.15) is 0 Å². The lowest BCUT2D eigenvalue weighted by atomic mass is 9.97. The smallest absolute Gasteiger partial charge is 0.204 e. The molecular formula is C17H12N4O. The van der Waals surface area contributed by atoms with Gasteiger partial charge in [0.05, 0.1) is 17.6 Å². The van der Waals surface area contributed by atoms with Crippen LogP contribution in [-0.2, 0) is 4.79 Å². The molecule has 0 fully saturated rings. The molecular weight excluding hydrogens is 276 g/mol. The molecule has 2 heterocycles. The number of fused-ring (bicyclic) bond motifs is 2. The summed E-state index contributed by atoms with van der Waals surface area (Å²) < 4.78 is 0. The summed E-state index contributed by atoms with van der Waals surface area (Å²) in [5, 5.41) is 6.42. The number of para-hydroxylation sites is 2. The molecule has 5 nitrogen and oxygen atoms in total. The van der Waals surface area contributed by atoms with Gasteiger partial charge in [-0.05, 0) is 29.8 Å². The van der Waals surface area contributed by atoms with Crippen LogP contribution in [-0.4, -0.2) is 16.5 Å². The molecule has 0 saturated heterocycles. The maximum Gasteiger partial charge on any atom is 0.204 e. The van der Waals surface area contributed by atoms with Crippen LogP contribution in [0.2, 0.25) is 0 Å². The fraction of sp³-hybridized carbons (Fsp3) is 0. The number of carbonyl (C=O) groups is 1. The second-order valence-corrected chi connectivity index (χ2v) is 4.98. The van der Waals surface area contributed by atoms with Gasteiger partial charge in [-0.1, -0.05) is 18.2 Å². The molecule has 22 heavy (non-hydrogen) atoms. The maximum atomic E-state index is 12.1. The fourth-order valence-corrected chi connectivity index (χ4v) is 2.47. The van der Waals surface area contributed by atoms with Gasteiger partial charge in [0.2, 0.25) is 5.78 Å². The van der Waals surface area contributed by atoms with Crippen molar-refractivity contribution in [2.24, 2.45) is 4.99 Å². The number of benzene rings is 1. The third-order valence-corrected chi connectivity index (χ3v) is 3.55. The first-order valence-electron chi connectivity index (χ1n) is 6.89. The van der Waals surface area contributed by atoms with Crippen LogP contribution >= 0.6 is 0 Å². The van der Waals surface area contributed by atoms with E-state index in [1.807, 2.05) is 30.3 Å². The highest BCUT2D eigenvalue weighted by atomic mass is 16.1. The number of aliphatic imine (C=N–C) groups is 1. The van der Waals surface area contributed by atoms with Crippen molar-refractivity contribution in [2.75, 3.05) is 10.6 Å². The van der Waals surface area contributed by atoms with Crippen molar-refractivity contribution in [1.82, 2.24) is 4.98 Å². The van der Waals surface area contributed by atoms with E-state index in [1.165, 1.54) is 6.08 Å². The number of aromatic nitrogens is 1. The van der Waals surface area contributed by atoms with Crippen LogP contribution in [0.4, 0.5) is 11.4 Å². The molecule has 0 amide bonds. The molecule has 1 aliphatic carbocycles. The minimum Gasteiger partial charge on any atom is -0.339 e. The quantitative estimate of drug-likeness (QED) is 0.847. The Hall–Kier alpha value is -3.21. The van der Waals surface area contributed by atoms with E-state index in [2.05, 4.69) is 20.6 Å². The summed E-state index contributed by atoms with van der Waals surface area (Å²) in [7, 11) is 0. The zero-order chi connectivity index (χ0) is 14.9. The average Bonchev–Trinajstić information content (AvgIpc) is 2.97. The minimum absolute atomic E-state index is 0.118. The molecule has 5 heteroatoms. The van der Waals surface area contributed by atoms with Gasteiger partial charge in [0.1, 0.15) is 11.5 Å². The highest BCUT2D eigenvalue weighted by Gasteiger charge is 2.19. The van der Waals surface area contributed by atoms with Gasteiger partial charge in [0.25, 0.3) is 0 Å². The zero-order valence-electron chi connectivity index (χ0n) is 11.6. The highest BCUT2D eigenvalue weighted by molar-refractivity contribution is 6.52. The number of nitrogens with zero attached hydrogens (tertiary/aromatic N) is 2. The SMILES string of the molecule is O=C1C=Cc2ccncc2/C1=N/C=C1Nc2ccccc2N1.